The van der Waals surface area contributed by atoms with Crippen LogP contribution in [0.1, 0.15) is 120 Å². The minimum Gasteiger partial charge on any atom is -0.474 e. The van der Waals surface area contributed by atoms with Crippen LogP contribution in [0, 0.1) is 5.92 Å². The van der Waals surface area contributed by atoms with Gasteiger partial charge in [-0.05, 0) is 45.1 Å². The smallest absolute Gasteiger partial charge is 0.213 e. The fraction of sp³-hybridized carbons (Fsp3) is 0.808. The highest BCUT2D eigenvalue weighted by Crippen LogP contribution is 2.36. The second-order valence-electron chi connectivity index (χ2n) is 10.2. The molecule has 2 heterocycles. The van der Waals surface area contributed by atoms with Gasteiger partial charge in [0.15, 0.2) is 0 Å². The summed E-state index contributed by atoms with van der Waals surface area (Å²) >= 11 is 0. The first kappa shape index (κ1) is 27.9. The summed E-state index contributed by atoms with van der Waals surface area (Å²) in [6, 6.07) is 4.08. The van der Waals surface area contributed by atoms with Crippen molar-refractivity contribution in [3.05, 3.63) is 23.9 Å². The number of rotatable bonds is 5. The molecule has 0 saturated carbocycles. The summed E-state index contributed by atoms with van der Waals surface area (Å²) in [5.41, 5.74) is 0.944. The largest absolute Gasteiger partial charge is 0.474 e. The van der Waals surface area contributed by atoms with E-state index in [9.17, 15) is 0 Å². The van der Waals surface area contributed by atoms with E-state index in [0.717, 1.165) is 18.8 Å². The monoisotopic (exact) mass is 407 g/mol. The zero-order valence-corrected chi connectivity index (χ0v) is 21.3. The molecule has 1 aliphatic heterocycles. The first-order valence-electron chi connectivity index (χ1n) is 11.7. The van der Waals surface area contributed by atoms with Crippen LogP contribution in [-0.4, -0.2) is 22.3 Å². The molecule has 1 saturated heterocycles. The van der Waals surface area contributed by atoms with E-state index in [4.69, 9.17) is 9.47 Å². The maximum Gasteiger partial charge on any atom is 0.213 e. The summed E-state index contributed by atoms with van der Waals surface area (Å²) in [5.74, 6) is 2.10. The summed E-state index contributed by atoms with van der Waals surface area (Å²) in [5, 5.41) is 0. The van der Waals surface area contributed by atoms with E-state index in [1.807, 2.05) is 12.3 Å². The van der Waals surface area contributed by atoms with Crippen LogP contribution < -0.4 is 4.74 Å². The van der Waals surface area contributed by atoms with Crippen LogP contribution in [0.25, 0.3) is 0 Å². The fourth-order valence-electron chi connectivity index (χ4n) is 3.06. The third kappa shape index (κ3) is 12.9. The van der Waals surface area contributed by atoms with Crippen LogP contribution in [0.3, 0.4) is 0 Å². The molecule has 0 N–H and O–H groups in total. The Kier molecular flexibility index (Phi) is 12.8. The molecule has 1 fully saturated rings. The normalized spacial score (nSPS) is 17.8. The Bertz CT molecular complexity index is 514. The Balaban J connectivity index is 0.000000734. The molecule has 0 spiro atoms. The van der Waals surface area contributed by atoms with Crippen LogP contribution in [0.5, 0.6) is 5.88 Å². The van der Waals surface area contributed by atoms with Crippen molar-refractivity contribution in [3.63, 3.8) is 0 Å². The van der Waals surface area contributed by atoms with E-state index in [1.54, 1.807) is 0 Å². The molecule has 1 aromatic rings. The van der Waals surface area contributed by atoms with E-state index < -0.39 is 0 Å². The van der Waals surface area contributed by atoms with Crippen LogP contribution in [0.4, 0.5) is 0 Å². The van der Waals surface area contributed by atoms with Crippen LogP contribution in [0.2, 0.25) is 0 Å². The van der Waals surface area contributed by atoms with Crippen molar-refractivity contribution in [2.45, 2.75) is 131 Å². The molecule has 0 aliphatic carbocycles. The van der Waals surface area contributed by atoms with Crippen molar-refractivity contribution in [2.75, 3.05) is 0 Å². The number of ether oxygens (including phenoxy) is 2. The molecule has 29 heavy (non-hydrogen) atoms. The molecule has 0 amide bonds. The molecular weight excluding hydrogens is 358 g/mol. The Morgan fingerprint density at radius 2 is 1.45 bits per heavy atom. The first-order valence-corrected chi connectivity index (χ1v) is 11.7. The summed E-state index contributed by atoms with van der Waals surface area (Å²) in [6.07, 6.45) is 7.80. The van der Waals surface area contributed by atoms with E-state index >= 15 is 0 Å². The number of hydrogen-bond donors (Lipinski definition) is 0. The third-order valence-corrected chi connectivity index (χ3v) is 5.02. The van der Waals surface area contributed by atoms with Gasteiger partial charge in [0.05, 0.1) is 11.2 Å². The van der Waals surface area contributed by atoms with E-state index in [2.05, 4.69) is 87.2 Å². The van der Waals surface area contributed by atoms with Crippen LogP contribution in [-0.2, 0) is 4.74 Å². The van der Waals surface area contributed by atoms with Gasteiger partial charge >= 0.3 is 0 Å². The van der Waals surface area contributed by atoms with E-state index in [1.165, 1.54) is 24.8 Å². The first-order chi connectivity index (χ1) is 13.4. The molecule has 1 aromatic heterocycles. The van der Waals surface area contributed by atoms with Crippen molar-refractivity contribution in [3.8, 4) is 5.88 Å². The lowest BCUT2D eigenvalue weighted by Crippen LogP contribution is -2.49. The highest BCUT2D eigenvalue weighted by molar-refractivity contribution is 5.20. The minimum absolute atomic E-state index is 0.149. The number of hydrogen-bond acceptors (Lipinski definition) is 3. The molecule has 2 rings (SSSR count). The molecule has 3 heteroatoms. The summed E-state index contributed by atoms with van der Waals surface area (Å²) < 4.78 is 12.1. The minimum atomic E-state index is -0.149. The Hall–Kier alpha value is -1.09. The number of nitrogens with zero attached hydrogens (tertiary/aromatic N) is 1. The highest BCUT2D eigenvalue weighted by Gasteiger charge is 2.40. The SMILES string of the molecule is CC(C)c1ccc(OC2CC(C)(C)OC(C)(C)C2)nc1.CCC(C)C.CCCC. The van der Waals surface area contributed by atoms with Gasteiger partial charge in [-0.15, -0.1) is 0 Å². The molecule has 0 atom stereocenters. The Morgan fingerprint density at radius 3 is 1.76 bits per heavy atom. The summed E-state index contributed by atoms with van der Waals surface area (Å²) in [7, 11) is 0. The van der Waals surface area contributed by atoms with Crippen molar-refractivity contribution < 1.29 is 9.47 Å². The lowest BCUT2D eigenvalue weighted by atomic mass is 9.87. The second kappa shape index (κ2) is 13.3. The molecule has 3 nitrogen and oxygen atoms in total. The molecule has 0 radical (unpaired) electrons. The average Bonchev–Trinajstić information content (AvgIpc) is 2.60. The zero-order chi connectivity index (χ0) is 22.7. The van der Waals surface area contributed by atoms with Crippen LogP contribution >= 0.6 is 0 Å². The van der Waals surface area contributed by atoms with E-state index in [-0.39, 0.29) is 17.3 Å². The van der Waals surface area contributed by atoms with Crippen LogP contribution in [0.15, 0.2) is 18.3 Å². The predicted molar refractivity (Wildman–Crippen MR) is 127 cm³/mol. The topological polar surface area (TPSA) is 31.4 Å². The second-order valence-corrected chi connectivity index (χ2v) is 10.2. The standard InChI is InChI=1S/C17H27NO2.C5H12.C4H10/c1-12(2)13-7-8-15(18-11-13)19-14-9-16(3,4)20-17(5,6)10-14;1-4-5(2)3;1-3-4-2/h7-8,11-12,14H,9-10H2,1-6H3;5H,4H2,1-3H3;3-4H2,1-2H3. The molecular formula is C26H49NO2. The fourth-order valence-corrected chi connectivity index (χ4v) is 3.06. The molecule has 0 unspecified atom stereocenters. The van der Waals surface area contributed by atoms with Crippen molar-refractivity contribution in [2.24, 2.45) is 5.92 Å². The van der Waals surface area contributed by atoms with Gasteiger partial charge in [0.1, 0.15) is 6.10 Å². The van der Waals surface area contributed by atoms with Gasteiger partial charge in [-0.1, -0.05) is 73.8 Å². The Morgan fingerprint density at radius 1 is 0.966 bits per heavy atom. The highest BCUT2D eigenvalue weighted by atomic mass is 16.5. The van der Waals surface area contributed by atoms with Gasteiger partial charge in [-0.3, -0.25) is 0 Å². The van der Waals surface area contributed by atoms with Crippen molar-refractivity contribution in [1.82, 2.24) is 4.98 Å². The Labute approximate surface area is 182 Å². The van der Waals surface area contributed by atoms with Crippen molar-refractivity contribution >= 4 is 0 Å². The molecule has 1 aliphatic rings. The van der Waals surface area contributed by atoms with Gasteiger partial charge in [0.2, 0.25) is 5.88 Å². The predicted octanol–water partition coefficient (Wildman–Crippen LogP) is 8.18. The molecule has 0 bridgehead atoms. The lowest BCUT2D eigenvalue weighted by Gasteiger charge is -2.44. The summed E-state index contributed by atoms with van der Waals surface area (Å²) in [4.78, 5) is 4.43. The zero-order valence-electron chi connectivity index (χ0n) is 21.3. The van der Waals surface area contributed by atoms with Gasteiger partial charge in [-0.25, -0.2) is 4.98 Å². The van der Waals surface area contributed by atoms with E-state index in [0.29, 0.717) is 11.8 Å². The van der Waals surface area contributed by atoms with Gasteiger partial charge in [0.25, 0.3) is 0 Å². The number of pyridine rings is 1. The van der Waals surface area contributed by atoms with Crippen molar-refractivity contribution in [1.29, 1.82) is 0 Å². The van der Waals surface area contributed by atoms with Gasteiger partial charge in [-0.2, -0.15) is 0 Å². The van der Waals surface area contributed by atoms with Gasteiger partial charge in [0, 0.05) is 25.1 Å². The summed E-state index contributed by atoms with van der Waals surface area (Å²) in [6.45, 7) is 23.8. The van der Waals surface area contributed by atoms with Gasteiger partial charge < -0.3 is 9.47 Å². The molecule has 170 valence electrons. The lowest BCUT2D eigenvalue weighted by molar-refractivity contribution is -0.182. The molecule has 0 aromatic carbocycles. The number of unbranched alkanes of at least 4 members (excludes halogenated alkanes) is 1. The average molecular weight is 408 g/mol. The number of aromatic nitrogens is 1. The maximum atomic E-state index is 6.08. The maximum absolute atomic E-state index is 6.08. The third-order valence-electron chi connectivity index (χ3n) is 5.02. The quantitative estimate of drug-likeness (QED) is 0.493.